The number of methoxy groups -OCH3 is 2. The highest BCUT2D eigenvalue weighted by molar-refractivity contribution is 5.79. The molecule has 0 unspecified atom stereocenters. The van der Waals surface area contributed by atoms with Crippen molar-refractivity contribution in [3.63, 3.8) is 0 Å². The molecule has 21 heavy (non-hydrogen) atoms. The summed E-state index contributed by atoms with van der Waals surface area (Å²) in [5.41, 5.74) is 2.04. The molecular formula is C16H17NO4. The van der Waals surface area contributed by atoms with Crippen molar-refractivity contribution < 1.29 is 19.0 Å². The minimum absolute atomic E-state index is 0.242. The van der Waals surface area contributed by atoms with Crippen LogP contribution in [0.4, 0.5) is 0 Å². The first kappa shape index (κ1) is 14.8. The highest BCUT2D eigenvalue weighted by Crippen LogP contribution is 2.24. The molecule has 0 saturated heterocycles. The summed E-state index contributed by atoms with van der Waals surface area (Å²) in [4.78, 5) is 15.4. The van der Waals surface area contributed by atoms with Crippen molar-refractivity contribution >= 4 is 6.29 Å². The Hall–Kier alpha value is -2.56. The fourth-order valence-electron chi connectivity index (χ4n) is 1.91. The van der Waals surface area contributed by atoms with Gasteiger partial charge in [-0.3, -0.25) is 9.78 Å². The zero-order valence-corrected chi connectivity index (χ0v) is 12.3. The van der Waals surface area contributed by atoms with Crippen LogP contribution in [0.15, 0.2) is 30.3 Å². The van der Waals surface area contributed by atoms with E-state index in [1.165, 1.54) is 0 Å². The van der Waals surface area contributed by atoms with Gasteiger partial charge in [-0.1, -0.05) is 0 Å². The first-order valence-electron chi connectivity index (χ1n) is 6.44. The molecule has 0 radical (unpaired) electrons. The lowest BCUT2D eigenvalue weighted by atomic mass is 10.2. The van der Waals surface area contributed by atoms with Crippen LogP contribution in [0.1, 0.15) is 21.7 Å². The van der Waals surface area contributed by atoms with Crippen LogP contribution in [-0.2, 0) is 6.61 Å². The van der Waals surface area contributed by atoms with Crippen molar-refractivity contribution in [2.75, 3.05) is 14.2 Å². The Bertz CT molecular complexity index is 640. The zero-order valence-electron chi connectivity index (χ0n) is 12.3. The molecule has 0 N–H and O–H groups in total. The van der Waals surface area contributed by atoms with Crippen LogP contribution < -0.4 is 14.2 Å². The minimum Gasteiger partial charge on any atom is -0.497 e. The van der Waals surface area contributed by atoms with E-state index >= 15 is 0 Å². The van der Waals surface area contributed by atoms with Crippen LogP contribution in [0.3, 0.4) is 0 Å². The smallest absolute Gasteiger partial charge is 0.153 e. The largest absolute Gasteiger partial charge is 0.497 e. The predicted octanol–water partition coefficient (Wildman–Crippen LogP) is 2.80. The second kappa shape index (κ2) is 6.74. The maximum Gasteiger partial charge on any atom is 0.153 e. The lowest BCUT2D eigenvalue weighted by molar-refractivity contribution is 0.111. The molecule has 2 aromatic rings. The maximum absolute atomic E-state index is 11.0. The van der Waals surface area contributed by atoms with Crippen molar-refractivity contribution in [2.24, 2.45) is 0 Å². The first-order valence-corrected chi connectivity index (χ1v) is 6.44. The fourth-order valence-corrected chi connectivity index (χ4v) is 1.91. The number of aldehydes is 1. The van der Waals surface area contributed by atoms with E-state index in [1.54, 1.807) is 38.5 Å². The Morgan fingerprint density at radius 1 is 1.10 bits per heavy atom. The Morgan fingerprint density at radius 2 is 1.86 bits per heavy atom. The molecule has 0 spiro atoms. The molecule has 0 amide bonds. The molecule has 0 saturated carbocycles. The molecule has 5 nitrogen and oxygen atoms in total. The second-order valence-corrected chi connectivity index (χ2v) is 4.45. The van der Waals surface area contributed by atoms with Crippen LogP contribution in [-0.4, -0.2) is 25.5 Å². The summed E-state index contributed by atoms with van der Waals surface area (Å²) >= 11 is 0. The van der Waals surface area contributed by atoms with Gasteiger partial charge in [-0.25, -0.2) is 0 Å². The normalized spacial score (nSPS) is 10.0. The number of carbonyl (C=O) groups excluding carboxylic acids is 1. The summed E-state index contributed by atoms with van der Waals surface area (Å²) in [7, 11) is 3.17. The average molecular weight is 287 g/mol. The summed E-state index contributed by atoms with van der Waals surface area (Å²) in [6.45, 7) is 2.13. The number of rotatable bonds is 6. The van der Waals surface area contributed by atoms with Gasteiger partial charge in [0.2, 0.25) is 0 Å². The molecule has 0 fully saturated rings. The Labute approximate surface area is 123 Å². The van der Waals surface area contributed by atoms with Gasteiger partial charge in [-0.2, -0.15) is 0 Å². The number of aryl methyl sites for hydroxylation is 1. The van der Waals surface area contributed by atoms with E-state index in [2.05, 4.69) is 4.98 Å². The molecule has 110 valence electrons. The molecule has 0 bridgehead atoms. The zero-order chi connectivity index (χ0) is 15.2. The van der Waals surface area contributed by atoms with Crippen molar-refractivity contribution in [3.05, 3.63) is 47.3 Å². The molecule has 1 heterocycles. The van der Waals surface area contributed by atoms with E-state index in [4.69, 9.17) is 14.2 Å². The van der Waals surface area contributed by atoms with Gasteiger partial charge < -0.3 is 14.2 Å². The number of ether oxygens (including phenoxy) is 3. The van der Waals surface area contributed by atoms with Crippen LogP contribution in [0.25, 0.3) is 0 Å². The number of carbonyl (C=O) groups is 1. The lowest BCUT2D eigenvalue weighted by Gasteiger charge is -2.11. The van der Waals surface area contributed by atoms with Gasteiger partial charge in [0, 0.05) is 23.9 Å². The summed E-state index contributed by atoms with van der Waals surface area (Å²) in [6, 6.07) is 8.69. The Morgan fingerprint density at radius 3 is 2.52 bits per heavy atom. The minimum atomic E-state index is 0.242. The third-order valence-corrected chi connectivity index (χ3v) is 2.94. The van der Waals surface area contributed by atoms with Gasteiger partial charge in [-0.15, -0.1) is 0 Å². The number of aromatic nitrogens is 1. The SMILES string of the molecule is COc1cc(C)nc(COc2cc(OC)ccc2C=O)c1. The third kappa shape index (κ3) is 3.72. The van der Waals surface area contributed by atoms with Gasteiger partial charge in [-0.05, 0) is 19.1 Å². The molecular weight excluding hydrogens is 270 g/mol. The topological polar surface area (TPSA) is 57.6 Å². The third-order valence-electron chi connectivity index (χ3n) is 2.94. The van der Waals surface area contributed by atoms with Crippen LogP contribution in [0.5, 0.6) is 17.2 Å². The molecule has 5 heteroatoms. The summed E-state index contributed by atoms with van der Waals surface area (Å²) in [5.74, 6) is 1.82. The van der Waals surface area contributed by atoms with Gasteiger partial charge in [0.05, 0.1) is 25.5 Å². The fraction of sp³-hybridized carbons (Fsp3) is 0.250. The summed E-state index contributed by atoms with van der Waals surface area (Å²) in [6.07, 6.45) is 0.749. The average Bonchev–Trinajstić information content (AvgIpc) is 2.51. The van der Waals surface area contributed by atoms with Gasteiger partial charge >= 0.3 is 0 Å². The summed E-state index contributed by atoms with van der Waals surface area (Å²) < 4.78 is 16.0. The van der Waals surface area contributed by atoms with Crippen LogP contribution in [0, 0.1) is 6.92 Å². The van der Waals surface area contributed by atoms with E-state index < -0.39 is 0 Å². The highest BCUT2D eigenvalue weighted by Gasteiger charge is 2.07. The van der Waals surface area contributed by atoms with Crippen molar-refractivity contribution in [1.82, 2.24) is 4.98 Å². The van der Waals surface area contributed by atoms with Crippen molar-refractivity contribution in [1.29, 1.82) is 0 Å². The lowest BCUT2D eigenvalue weighted by Crippen LogP contribution is -2.02. The predicted molar refractivity (Wildman–Crippen MR) is 78.2 cm³/mol. The molecule has 0 atom stereocenters. The van der Waals surface area contributed by atoms with E-state index in [0.717, 1.165) is 23.4 Å². The monoisotopic (exact) mass is 287 g/mol. The van der Waals surface area contributed by atoms with E-state index in [-0.39, 0.29) is 6.61 Å². The van der Waals surface area contributed by atoms with Crippen molar-refractivity contribution in [2.45, 2.75) is 13.5 Å². The van der Waals surface area contributed by atoms with E-state index in [9.17, 15) is 4.79 Å². The van der Waals surface area contributed by atoms with Gasteiger partial charge in [0.25, 0.3) is 0 Å². The highest BCUT2D eigenvalue weighted by atomic mass is 16.5. The molecule has 1 aromatic carbocycles. The number of pyridine rings is 1. The molecule has 0 aliphatic heterocycles. The van der Waals surface area contributed by atoms with E-state index in [1.807, 2.05) is 13.0 Å². The molecule has 2 rings (SSSR count). The van der Waals surface area contributed by atoms with E-state index in [0.29, 0.717) is 17.1 Å². The maximum atomic E-state index is 11.0. The summed E-state index contributed by atoms with van der Waals surface area (Å²) in [5, 5.41) is 0. The first-order chi connectivity index (χ1) is 10.2. The quantitative estimate of drug-likeness (QED) is 0.765. The standard InChI is InChI=1S/C16H17NO4/c1-11-6-15(20-3)7-13(17-11)10-21-16-8-14(19-2)5-4-12(16)9-18/h4-9H,10H2,1-3H3. The molecule has 0 aliphatic rings. The van der Waals surface area contributed by atoms with Crippen LogP contribution >= 0.6 is 0 Å². The Balaban J connectivity index is 2.19. The number of hydrogen-bond acceptors (Lipinski definition) is 5. The van der Waals surface area contributed by atoms with Gasteiger partial charge in [0.15, 0.2) is 6.29 Å². The number of hydrogen-bond donors (Lipinski definition) is 0. The second-order valence-electron chi connectivity index (χ2n) is 4.45. The van der Waals surface area contributed by atoms with Crippen LogP contribution in [0.2, 0.25) is 0 Å². The van der Waals surface area contributed by atoms with Gasteiger partial charge in [0.1, 0.15) is 23.9 Å². The molecule has 0 aliphatic carbocycles. The number of benzene rings is 1. The Kier molecular flexibility index (Phi) is 4.77. The van der Waals surface area contributed by atoms with Crippen molar-refractivity contribution in [3.8, 4) is 17.2 Å². The molecule has 1 aromatic heterocycles. The number of nitrogens with zero attached hydrogens (tertiary/aromatic N) is 1.